The van der Waals surface area contributed by atoms with E-state index in [-0.39, 0.29) is 12.4 Å². The predicted octanol–water partition coefficient (Wildman–Crippen LogP) is 3.57. The number of ether oxygens (including phenoxy) is 1. The maximum Gasteiger partial charge on any atom is 0.416 e. The van der Waals surface area contributed by atoms with Crippen LogP contribution in [-0.4, -0.2) is 5.78 Å². The molecule has 1 aliphatic carbocycles. The van der Waals surface area contributed by atoms with E-state index in [1.165, 1.54) is 12.1 Å². The zero-order valence-electron chi connectivity index (χ0n) is 10.2. The highest BCUT2D eigenvalue weighted by atomic mass is 19.4. The third-order valence-electron chi connectivity index (χ3n) is 4.04. The van der Waals surface area contributed by atoms with Crippen molar-refractivity contribution in [1.29, 1.82) is 0 Å². The highest BCUT2D eigenvalue weighted by molar-refractivity contribution is 5.79. The van der Waals surface area contributed by atoms with Gasteiger partial charge in [0.2, 0.25) is 0 Å². The first-order valence-electron chi connectivity index (χ1n) is 6.27. The van der Waals surface area contributed by atoms with Gasteiger partial charge in [-0.05, 0) is 36.1 Å². The average molecular weight is 270 g/mol. The van der Waals surface area contributed by atoms with Gasteiger partial charge in [0.05, 0.1) is 17.8 Å². The number of halogens is 3. The minimum atomic E-state index is -4.33. The number of alkyl halides is 3. The van der Waals surface area contributed by atoms with Gasteiger partial charge >= 0.3 is 6.18 Å². The maximum atomic E-state index is 12.7. The number of hydrogen-bond acceptors (Lipinski definition) is 2. The lowest BCUT2D eigenvalue weighted by Crippen LogP contribution is -2.31. The molecular formula is C14H13F3O2. The molecule has 102 valence electrons. The van der Waals surface area contributed by atoms with Gasteiger partial charge in [0.1, 0.15) is 5.78 Å². The second-order valence-electron chi connectivity index (χ2n) is 5.19. The van der Waals surface area contributed by atoms with Gasteiger partial charge in [-0.1, -0.05) is 6.07 Å². The summed E-state index contributed by atoms with van der Waals surface area (Å²) in [5.74, 6) is 0.203. The molecule has 2 aliphatic rings. The van der Waals surface area contributed by atoms with E-state index in [2.05, 4.69) is 0 Å². The molecule has 0 bridgehead atoms. The highest BCUT2D eigenvalue weighted by Crippen LogP contribution is 2.47. The van der Waals surface area contributed by atoms with E-state index >= 15 is 0 Å². The van der Waals surface area contributed by atoms with Gasteiger partial charge < -0.3 is 4.74 Å². The molecule has 0 N–H and O–H groups in total. The zero-order valence-corrected chi connectivity index (χ0v) is 10.2. The fourth-order valence-corrected chi connectivity index (χ4v) is 2.97. The molecule has 2 nitrogen and oxygen atoms in total. The Morgan fingerprint density at radius 3 is 2.47 bits per heavy atom. The molecule has 0 radical (unpaired) electrons. The summed E-state index contributed by atoms with van der Waals surface area (Å²) in [4.78, 5) is 11.3. The molecule has 0 unspecified atom stereocenters. The van der Waals surface area contributed by atoms with Crippen molar-refractivity contribution < 1.29 is 22.7 Å². The third-order valence-corrected chi connectivity index (χ3v) is 4.04. The molecule has 1 aromatic carbocycles. The summed E-state index contributed by atoms with van der Waals surface area (Å²) in [5.41, 5.74) is 0.254. The largest absolute Gasteiger partial charge is 0.416 e. The minimum absolute atomic E-state index is 0.202. The van der Waals surface area contributed by atoms with Crippen LogP contribution in [0.15, 0.2) is 18.2 Å². The maximum absolute atomic E-state index is 12.7. The van der Waals surface area contributed by atoms with Crippen LogP contribution in [-0.2, 0) is 27.9 Å². The van der Waals surface area contributed by atoms with Gasteiger partial charge in [-0.3, -0.25) is 4.79 Å². The van der Waals surface area contributed by atoms with Crippen LogP contribution < -0.4 is 0 Å². The number of fused-ring (bicyclic) bond motifs is 2. The van der Waals surface area contributed by atoms with Crippen LogP contribution in [0.1, 0.15) is 42.4 Å². The number of benzene rings is 1. The smallest absolute Gasteiger partial charge is 0.366 e. The van der Waals surface area contributed by atoms with E-state index in [4.69, 9.17) is 4.74 Å². The number of carbonyl (C=O) groups excluding carboxylic acids is 1. The van der Waals surface area contributed by atoms with Crippen molar-refractivity contribution >= 4 is 5.78 Å². The van der Waals surface area contributed by atoms with Gasteiger partial charge in [0.15, 0.2) is 0 Å². The van der Waals surface area contributed by atoms with Crippen LogP contribution in [0.4, 0.5) is 13.2 Å². The van der Waals surface area contributed by atoms with Gasteiger partial charge in [-0.2, -0.15) is 13.2 Å². The third kappa shape index (κ3) is 2.06. The molecule has 1 saturated carbocycles. The highest BCUT2D eigenvalue weighted by Gasteiger charge is 2.43. The fraction of sp³-hybridized carbons (Fsp3) is 0.500. The van der Waals surface area contributed by atoms with Gasteiger partial charge in [-0.15, -0.1) is 0 Å². The predicted molar refractivity (Wildman–Crippen MR) is 61.4 cm³/mol. The van der Waals surface area contributed by atoms with Crippen LogP contribution in [0.25, 0.3) is 0 Å². The van der Waals surface area contributed by atoms with Crippen molar-refractivity contribution in [3.63, 3.8) is 0 Å². The summed E-state index contributed by atoms with van der Waals surface area (Å²) in [6, 6.07) is 3.78. The molecule has 0 amide bonds. The first-order valence-corrected chi connectivity index (χ1v) is 6.27. The second kappa shape index (κ2) is 4.07. The van der Waals surface area contributed by atoms with Crippen molar-refractivity contribution in [3.8, 4) is 0 Å². The fourth-order valence-electron chi connectivity index (χ4n) is 2.97. The van der Waals surface area contributed by atoms with Crippen molar-refractivity contribution in [2.24, 2.45) is 0 Å². The van der Waals surface area contributed by atoms with E-state index in [9.17, 15) is 18.0 Å². The number of carbonyl (C=O) groups is 1. The topological polar surface area (TPSA) is 26.3 Å². The normalized spacial score (nSPS) is 21.7. The summed E-state index contributed by atoms with van der Waals surface area (Å²) in [5, 5.41) is 0. The molecule has 1 heterocycles. The Hall–Kier alpha value is -1.36. The van der Waals surface area contributed by atoms with E-state index in [0.717, 1.165) is 11.6 Å². The van der Waals surface area contributed by atoms with E-state index in [0.29, 0.717) is 31.2 Å². The average Bonchev–Trinajstić information content (AvgIpc) is 2.71. The number of Topliss-reactive ketones (excluding diaryl/α,β-unsaturated/α-hetero) is 1. The Morgan fingerprint density at radius 2 is 1.84 bits per heavy atom. The Kier molecular flexibility index (Phi) is 2.71. The molecule has 0 saturated heterocycles. The van der Waals surface area contributed by atoms with Crippen LogP contribution in [0.5, 0.6) is 0 Å². The molecular weight excluding hydrogens is 257 g/mol. The Balaban J connectivity index is 1.96. The first-order chi connectivity index (χ1) is 8.91. The number of ketones is 1. The molecule has 1 aliphatic heterocycles. The van der Waals surface area contributed by atoms with Gasteiger partial charge in [0, 0.05) is 12.8 Å². The molecule has 3 rings (SSSR count). The van der Waals surface area contributed by atoms with Crippen molar-refractivity contribution in [2.45, 2.75) is 44.1 Å². The summed E-state index contributed by atoms with van der Waals surface area (Å²) in [6.45, 7) is 0.202. The standard InChI is InChI=1S/C14H13F3O2/c15-14(16,17)10-1-2-12-9(7-10)8-19-13(12)5-3-11(18)4-6-13/h1-2,7H,3-6,8H2. The molecule has 1 fully saturated rings. The van der Waals surface area contributed by atoms with E-state index < -0.39 is 17.3 Å². The lowest BCUT2D eigenvalue weighted by Gasteiger charge is -2.32. The monoisotopic (exact) mass is 270 g/mol. The summed E-state index contributed by atoms with van der Waals surface area (Å²) >= 11 is 0. The Labute approximate surface area is 108 Å². The first kappa shape index (κ1) is 12.7. The van der Waals surface area contributed by atoms with Gasteiger partial charge in [0.25, 0.3) is 0 Å². The van der Waals surface area contributed by atoms with Crippen LogP contribution in [0.2, 0.25) is 0 Å². The minimum Gasteiger partial charge on any atom is -0.366 e. The number of rotatable bonds is 0. The van der Waals surface area contributed by atoms with Crippen LogP contribution in [0.3, 0.4) is 0 Å². The van der Waals surface area contributed by atoms with Crippen molar-refractivity contribution in [1.82, 2.24) is 0 Å². The molecule has 1 aromatic rings. The molecule has 19 heavy (non-hydrogen) atoms. The summed E-state index contributed by atoms with van der Waals surface area (Å²) in [6.07, 6.45) is -2.29. The van der Waals surface area contributed by atoms with Gasteiger partial charge in [-0.25, -0.2) is 0 Å². The van der Waals surface area contributed by atoms with Crippen molar-refractivity contribution in [2.75, 3.05) is 0 Å². The van der Waals surface area contributed by atoms with Crippen LogP contribution >= 0.6 is 0 Å². The Morgan fingerprint density at radius 1 is 1.16 bits per heavy atom. The summed E-state index contributed by atoms with van der Waals surface area (Å²) in [7, 11) is 0. The zero-order chi connectivity index (χ0) is 13.7. The lowest BCUT2D eigenvalue weighted by molar-refractivity contribution is -0.137. The number of hydrogen-bond donors (Lipinski definition) is 0. The van der Waals surface area contributed by atoms with E-state index in [1.807, 2.05) is 0 Å². The molecule has 1 spiro atoms. The molecule has 5 heteroatoms. The molecule has 0 aromatic heterocycles. The SMILES string of the molecule is O=C1CCC2(CC1)OCc1cc(C(F)(F)F)ccc12. The van der Waals surface area contributed by atoms with E-state index in [1.54, 1.807) is 0 Å². The quantitative estimate of drug-likeness (QED) is 0.720. The lowest BCUT2D eigenvalue weighted by atomic mass is 9.78. The Bertz CT molecular complexity index is 524. The summed E-state index contributed by atoms with van der Waals surface area (Å²) < 4.78 is 43.7. The molecule has 0 atom stereocenters. The second-order valence-corrected chi connectivity index (χ2v) is 5.19. The van der Waals surface area contributed by atoms with Crippen molar-refractivity contribution in [3.05, 3.63) is 34.9 Å². The van der Waals surface area contributed by atoms with Crippen LogP contribution in [0, 0.1) is 0 Å².